The van der Waals surface area contributed by atoms with Crippen LogP contribution in [0.4, 0.5) is 0 Å². The minimum absolute atomic E-state index is 0.0203. The molecule has 0 radical (unpaired) electrons. The van der Waals surface area contributed by atoms with Gasteiger partial charge in [0.2, 0.25) is 11.8 Å². The highest BCUT2D eigenvalue weighted by molar-refractivity contribution is 5.91. The Bertz CT molecular complexity index is 1430. The van der Waals surface area contributed by atoms with Crippen LogP contribution >= 0.6 is 0 Å². The average molecular weight is 529 g/mol. The molecule has 0 amide bonds. The lowest BCUT2D eigenvalue weighted by Crippen LogP contribution is -2.54. The van der Waals surface area contributed by atoms with E-state index in [0.29, 0.717) is 0 Å². The molecule has 198 valence electrons. The van der Waals surface area contributed by atoms with Gasteiger partial charge in [0.25, 0.3) is 0 Å². The number of rotatable bonds is 7. The van der Waals surface area contributed by atoms with Crippen molar-refractivity contribution in [3.05, 3.63) is 119 Å². The molecular weight excluding hydrogens is 504 g/mol. The summed E-state index contributed by atoms with van der Waals surface area (Å²) in [6.45, 7) is 1.40. The van der Waals surface area contributed by atoms with E-state index in [9.17, 15) is 14.4 Å². The van der Waals surface area contributed by atoms with Gasteiger partial charge in [0.1, 0.15) is 0 Å². The number of ether oxygens (including phenoxy) is 4. The lowest BCUT2D eigenvalue weighted by Gasteiger charge is -2.39. The Morgan fingerprint density at radius 2 is 1.13 bits per heavy atom. The lowest BCUT2D eigenvalue weighted by molar-refractivity contribution is -0.197. The molecule has 1 aliphatic heterocycles. The van der Waals surface area contributed by atoms with Crippen LogP contribution in [0.15, 0.2) is 95.4 Å². The summed E-state index contributed by atoms with van der Waals surface area (Å²) in [5.74, 6) is -1.79. The van der Waals surface area contributed by atoms with Gasteiger partial charge in [-0.3, -0.25) is 0 Å². The van der Waals surface area contributed by atoms with Gasteiger partial charge in [0.15, 0.2) is 24.4 Å². The van der Waals surface area contributed by atoms with E-state index in [-0.39, 0.29) is 35.1 Å². The topological polar surface area (TPSA) is 127 Å². The zero-order valence-electron chi connectivity index (χ0n) is 20.8. The van der Waals surface area contributed by atoms with Crippen molar-refractivity contribution in [3.63, 3.8) is 0 Å². The minimum Gasteiger partial charge on any atom is -0.452 e. The first kappa shape index (κ1) is 25.8. The van der Waals surface area contributed by atoms with Crippen LogP contribution in [-0.2, 0) is 18.9 Å². The summed E-state index contributed by atoms with van der Waals surface area (Å²) in [6.07, 6.45) is -4.80. The van der Waals surface area contributed by atoms with Crippen molar-refractivity contribution in [1.82, 2.24) is 10.2 Å². The monoisotopic (exact) mass is 528 g/mol. The van der Waals surface area contributed by atoms with Gasteiger partial charge < -0.3 is 23.4 Å². The third kappa shape index (κ3) is 6.02. The summed E-state index contributed by atoms with van der Waals surface area (Å²) in [6, 6.07) is 24.9. The number of benzene rings is 3. The number of hydrogen-bond donors (Lipinski definition) is 0. The number of nitrogens with zero attached hydrogens (tertiary/aromatic N) is 2. The van der Waals surface area contributed by atoms with Crippen LogP contribution in [0.2, 0.25) is 0 Å². The molecular formula is C29H24N2O8. The molecule has 1 aromatic heterocycles. The van der Waals surface area contributed by atoms with Gasteiger partial charge in [-0.2, -0.15) is 0 Å². The standard InChI is InChI=1S/C29H24N2O8/c1-18-30-31-26(36-18)25-24(39-29(34)21-15-9-4-10-16-21)23(38-28(33)20-13-7-3-8-14-20)22(17-35-25)37-27(32)19-11-5-2-6-12-19/h2-16,22-25H,17H2,1H3/t22-,23-,24-,25-/m1/s1. The fourth-order valence-corrected chi connectivity index (χ4v) is 4.10. The molecule has 0 N–H and O–H groups in total. The van der Waals surface area contributed by atoms with Gasteiger partial charge in [0, 0.05) is 6.92 Å². The highest BCUT2D eigenvalue weighted by Gasteiger charge is 2.50. The second kappa shape index (κ2) is 11.7. The molecule has 2 heterocycles. The van der Waals surface area contributed by atoms with Crippen molar-refractivity contribution in [2.75, 3.05) is 6.61 Å². The second-order valence-corrected chi connectivity index (χ2v) is 8.69. The van der Waals surface area contributed by atoms with Crippen molar-refractivity contribution in [2.24, 2.45) is 0 Å². The van der Waals surface area contributed by atoms with Gasteiger partial charge >= 0.3 is 17.9 Å². The molecule has 39 heavy (non-hydrogen) atoms. The summed E-state index contributed by atoms with van der Waals surface area (Å²) < 4.78 is 29.0. The van der Waals surface area contributed by atoms with Crippen molar-refractivity contribution >= 4 is 17.9 Å². The van der Waals surface area contributed by atoms with Crippen LogP contribution in [0.3, 0.4) is 0 Å². The van der Waals surface area contributed by atoms with Gasteiger partial charge in [-0.15, -0.1) is 10.2 Å². The Morgan fingerprint density at radius 3 is 1.59 bits per heavy atom. The molecule has 1 aliphatic rings. The van der Waals surface area contributed by atoms with E-state index in [4.69, 9.17) is 23.4 Å². The number of esters is 3. The smallest absolute Gasteiger partial charge is 0.338 e. The Morgan fingerprint density at radius 1 is 0.667 bits per heavy atom. The van der Waals surface area contributed by atoms with Crippen LogP contribution in [0, 0.1) is 6.92 Å². The van der Waals surface area contributed by atoms with E-state index in [1.54, 1.807) is 97.9 Å². The lowest BCUT2D eigenvalue weighted by atomic mass is 9.98. The van der Waals surface area contributed by atoms with Crippen molar-refractivity contribution < 1.29 is 37.7 Å². The van der Waals surface area contributed by atoms with Crippen molar-refractivity contribution in [1.29, 1.82) is 0 Å². The first-order valence-corrected chi connectivity index (χ1v) is 12.2. The van der Waals surface area contributed by atoms with Crippen LogP contribution in [0.1, 0.15) is 49.0 Å². The van der Waals surface area contributed by atoms with Gasteiger partial charge in [-0.1, -0.05) is 54.6 Å². The van der Waals surface area contributed by atoms with Crippen molar-refractivity contribution in [2.45, 2.75) is 31.3 Å². The Hall–Kier alpha value is -4.83. The molecule has 0 spiro atoms. The van der Waals surface area contributed by atoms with Gasteiger partial charge in [-0.25, -0.2) is 14.4 Å². The Balaban J connectivity index is 1.50. The third-order valence-electron chi connectivity index (χ3n) is 5.99. The van der Waals surface area contributed by atoms with E-state index < -0.39 is 42.3 Å². The average Bonchev–Trinajstić information content (AvgIpc) is 3.41. The summed E-state index contributed by atoms with van der Waals surface area (Å²) in [4.78, 5) is 39.3. The zero-order chi connectivity index (χ0) is 27.2. The quantitative estimate of drug-likeness (QED) is 0.255. The number of carbonyl (C=O) groups is 3. The molecule has 1 saturated heterocycles. The molecule has 3 aromatic carbocycles. The molecule has 0 unspecified atom stereocenters. The Kier molecular flexibility index (Phi) is 7.74. The zero-order valence-corrected chi connectivity index (χ0v) is 20.8. The summed E-state index contributed by atoms with van der Waals surface area (Å²) in [5, 5.41) is 7.87. The first-order valence-electron chi connectivity index (χ1n) is 12.2. The largest absolute Gasteiger partial charge is 0.452 e. The summed E-state index contributed by atoms with van der Waals surface area (Å²) in [7, 11) is 0. The molecule has 0 saturated carbocycles. The van der Waals surface area contributed by atoms with Crippen molar-refractivity contribution in [3.8, 4) is 0 Å². The Labute approximate surface area is 223 Å². The maximum absolute atomic E-state index is 13.2. The molecule has 4 aromatic rings. The molecule has 0 aliphatic carbocycles. The number of aromatic nitrogens is 2. The molecule has 4 atom stereocenters. The van der Waals surface area contributed by atoms with Gasteiger partial charge in [-0.05, 0) is 36.4 Å². The van der Waals surface area contributed by atoms with Crippen LogP contribution in [0.5, 0.6) is 0 Å². The SMILES string of the molecule is Cc1nnc([C@@H]2OC[C@@H](OC(=O)c3ccccc3)[C@@H](OC(=O)c3ccccc3)[C@H]2OC(=O)c2ccccc2)o1. The number of carbonyl (C=O) groups excluding carboxylic acids is 3. The molecule has 0 bridgehead atoms. The van der Waals surface area contributed by atoms with Crippen LogP contribution in [0.25, 0.3) is 0 Å². The maximum atomic E-state index is 13.2. The van der Waals surface area contributed by atoms with E-state index in [2.05, 4.69) is 10.2 Å². The van der Waals surface area contributed by atoms with Gasteiger partial charge in [0.05, 0.1) is 23.3 Å². The fourth-order valence-electron chi connectivity index (χ4n) is 4.10. The van der Waals surface area contributed by atoms with E-state index in [0.717, 1.165) is 0 Å². The van der Waals surface area contributed by atoms with Crippen LogP contribution in [-0.4, -0.2) is 53.0 Å². The number of hydrogen-bond acceptors (Lipinski definition) is 10. The molecule has 5 rings (SSSR count). The third-order valence-corrected chi connectivity index (χ3v) is 5.99. The predicted molar refractivity (Wildman–Crippen MR) is 135 cm³/mol. The highest BCUT2D eigenvalue weighted by atomic mass is 16.6. The summed E-state index contributed by atoms with van der Waals surface area (Å²) in [5.41, 5.74) is 0.808. The fraction of sp³-hybridized carbons (Fsp3) is 0.207. The van der Waals surface area contributed by atoms with E-state index in [1.165, 1.54) is 0 Å². The van der Waals surface area contributed by atoms with E-state index in [1.807, 2.05) is 0 Å². The molecule has 10 nitrogen and oxygen atoms in total. The summed E-state index contributed by atoms with van der Waals surface area (Å²) >= 11 is 0. The van der Waals surface area contributed by atoms with E-state index >= 15 is 0 Å². The second-order valence-electron chi connectivity index (χ2n) is 8.69. The normalized spacial score (nSPS) is 20.5. The van der Waals surface area contributed by atoms with Crippen LogP contribution < -0.4 is 0 Å². The molecule has 10 heteroatoms. The number of aryl methyl sites for hydroxylation is 1. The minimum atomic E-state index is -1.30. The molecule has 1 fully saturated rings. The predicted octanol–water partition coefficient (Wildman–Crippen LogP) is 4.13. The first-order chi connectivity index (χ1) is 19.0. The maximum Gasteiger partial charge on any atom is 0.338 e. The highest BCUT2D eigenvalue weighted by Crippen LogP contribution is 2.34.